The van der Waals surface area contributed by atoms with Crippen LogP contribution in [0.1, 0.15) is 42.3 Å². The Kier molecular flexibility index (Phi) is 11.2. The van der Waals surface area contributed by atoms with E-state index in [0.29, 0.717) is 42.5 Å². The molecule has 1 fully saturated rings. The van der Waals surface area contributed by atoms with Crippen molar-refractivity contribution in [2.45, 2.75) is 32.6 Å². The highest BCUT2D eigenvalue weighted by Gasteiger charge is 2.36. The smallest absolute Gasteiger partial charge is 0.257 e. The molecule has 2 atom stereocenters. The Hall–Kier alpha value is -3.84. The Bertz CT molecular complexity index is 1390. The molecular formula is C34H39ClF2N2O3. The number of hydrogen-bond donors (Lipinski definition) is 1. The summed E-state index contributed by atoms with van der Waals surface area (Å²) >= 11 is 6.34. The summed E-state index contributed by atoms with van der Waals surface area (Å²) in [6.07, 6.45) is 2.01. The van der Waals surface area contributed by atoms with E-state index in [1.807, 2.05) is 49.9 Å². The molecule has 5 nitrogen and oxygen atoms in total. The molecular weight excluding hydrogens is 558 g/mol. The summed E-state index contributed by atoms with van der Waals surface area (Å²) in [4.78, 5) is 16.8. The molecule has 4 rings (SSSR count). The molecule has 0 saturated carbocycles. The van der Waals surface area contributed by atoms with E-state index in [0.717, 1.165) is 11.3 Å². The first-order valence-electron chi connectivity index (χ1n) is 13.8. The van der Waals surface area contributed by atoms with Gasteiger partial charge in [0.05, 0.1) is 12.7 Å². The number of methoxy groups -OCH3 is 1. The van der Waals surface area contributed by atoms with Gasteiger partial charge in [0.15, 0.2) is 0 Å². The van der Waals surface area contributed by atoms with Crippen LogP contribution in [0.4, 0.5) is 14.5 Å². The van der Waals surface area contributed by atoms with Crippen molar-refractivity contribution >= 4 is 23.2 Å². The van der Waals surface area contributed by atoms with Gasteiger partial charge in [-0.05, 0) is 73.0 Å². The summed E-state index contributed by atoms with van der Waals surface area (Å²) in [5, 5.41) is 11.4. The number of piperazine rings is 1. The number of ether oxygens (including phenoxy) is 1. The van der Waals surface area contributed by atoms with Crippen molar-refractivity contribution in [3.8, 4) is 11.5 Å². The third kappa shape index (κ3) is 7.51. The molecule has 1 aliphatic heterocycles. The van der Waals surface area contributed by atoms with Crippen LogP contribution in [0.25, 0.3) is 0 Å². The third-order valence-corrected chi connectivity index (χ3v) is 8.22. The van der Waals surface area contributed by atoms with Crippen LogP contribution in [0.15, 0.2) is 84.9 Å². The molecule has 3 aromatic rings. The minimum absolute atomic E-state index is 0.156. The van der Waals surface area contributed by atoms with Gasteiger partial charge in [0.1, 0.15) is 23.1 Å². The second kappa shape index (κ2) is 14.4. The molecule has 1 saturated heterocycles. The van der Waals surface area contributed by atoms with Gasteiger partial charge in [-0.1, -0.05) is 50.2 Å². The molecule has 1 N–H and O–H groups in total. The quantitative estimate of drug-likeness (QED) is 0.271. The second-order valence-corrected chi connectivity index (χ2v) is 11.1. The molecule has 8 heteroatoms. The molecule has 0 bridgehead atoms. The molecule has 1 heterocycles. The standard InChI is InChI=1S/C31H33ClF2N2O3.C3H6/c1-20(21(2)32)31(3,23-5-11-26(39-4)12-6-23)19-22-17-28(34)27(18-29(22)37)30(38)36-15-13-35(14-16-36)25-9-7-24(33)8-10-25;1-3-2/h5-12,17-18,20,37H,2,13-16,19H2,1,3-4H3;3H,1H2,2H3. The Morgan fingerprint density at radius 3 is 2.19 bits per heavy atom. The van der Waals surface area contributed by atoms with Gasteiger partial charge in [-0.3, -0.25) is 4.79 Å². The summed E-state index contributed by atoms with van der Waals surface area (Å²) in [5.74, 6) is -1.14. The Morgan fingerprint density at radius 2 is 1.67 bits per heavy atom. The fourth-order valence-electron chi connectivity index (χ4n) is 5.12. The average molecular weight is 597 g/mol. The monoisotopic (exact) mass is 596 g/mol. The summed E-state index contributed by atoms with van der Waals surface area (Å²) in [5.41, 5.74) is 1.36. The number of carbonyl (C=O) groups excluding carboxylic acids is 1. The Labute approximate surface area is 252 Å². The molecule has 2 unspecified atom stereocenters. The number of carbonyl (C=O) groups is 1. The van der Waals surface area contributed by atoms with E-state index in [1.54, 1.807) is 30.2 Å². The predicted octanol–water partition coefficient (Wildman–Crippen LogP) is 7.72. The molecule has 1 amide bonds. The van der Waals surface area contributed by atoms with Gasteiger partial charge in [-0.15, -0.1) is 6.58 Å². The molecule has 42 heavy (non-hydrogen) atoms. The minimum Gasteiger partial charge on any atom is -0.508 e. The first kappa shape index (κ1) is 32.7. The number of benzene rings is 3. The predicted molar refractivity (Wildman–Crippen MR) is 167 cm³/mol. The molecule has 0 radical (unpaired) electrons. The zero-order valence-electron chi connectivity index (χ0n) is 24.7. The van der Waals surface area contributed by atoms with Gasteiger partial charge < -0.3 is 19.6 Å². The van der Waals surface area contributed by atoms with Crippen LogP contribution in [0.2, 0.25) is 0 Å². The lowest BCUT2D eigenvalue weighted by molar-refractivity contribution is 0.0741. The highest BCUT2D eigenvalue weighted by atomic mass is 35.5. The lowest BCUT2D eigenvalue weighted by atomic mass is 9.68. The van der Waals surface area contributed by atoms with Crippen LogP contribution in [0, 0.1) is 17.6 Å². The minimum atomic E-state index is -0.691. The lowest BCUT2D eigenvalue weighted by Crippen LogP contribution is -2.49. The number of allylic oxidation sites excluding steroid dienone is 2. The van der Waals surface area contributed by atoms with E-state index in [1.165, 1.54) is 24.3 Å². The number of rotatable bonds is 8. The largest absolute Gasteiger partial charge is 0.508 e. The number of amides is 1. The van der Waals surface area contributed by atoms with E-state index < -0.39 is 17.1 Å². The maximum atomic E-state index is 15.4. The van der Waals surface area contributed by atoms with Crippen molar-refractivity contribution in [1.29, 1.82) is 0 Å². The van der Waals surface area contributed by atoms with E-state index in [-0.39, 0.29) is 29.5 Å². The number of phenolic OH excluding ortho intramolecular Hbond substituents is 1. The van der Waals surface area contributed by atoms with E-state index in [2.05, 4.69) is 13.2 Å². The number of nitrogens with zero attached hydrogens (tertiary/aromatic N) is 2. The van der Waals surface area contributed by atoms with Crippen LogP contribution in [0.5, 0.6) is 11.5 Å². The van der Waals surface area contributed by atoms with Gasteiger partial charge in [-0.25, -0.2) is 8.78 Å². The molecule has 0 spiro atoms. The van der Waals surface area contributed by atoms with Crippen LogP contribution < -0.4 is 9.64 Å². The number of anilines is 1. The summed E-state index contributed by atoms with van der Waals surface area (Å²) in [7, 11) is 1.59. The molecule has 0 aromatic heterocycles. The number of halogens is 3. The van der Waals surface area contributed by atoms with E-state index >= 15 is 4.39 Å². The van der Waals surface area contributed by atoms with E-state index in [9.17, 15) is 14.3 Å². The molecule has 1 aliphatic rings. The molecule has 3 aromatic carbocycles. The lowest BCUT2D eigenvalue weighted by Gasteiger charge is -2.37. The fourth-order valence-corrected chi connectivity index (χ4v) is 5.36. The number of phenols is 1. The van der Waals surface area contributed by atoms with E-state index in [4.69, 9.17) is 16.3 Å². The Morgan fingerprint density at radius 1 is 1.10 bits per heavy atom. The molecule has 224 valence electrons. The zero-order valence-corrected chi connectivity index (χ0v) is 25.4. The fraction of sp³-hybridized carbons (Fsp3) is 0.324. The van der Waals surface area contributed by atoms with Crippen molar-refractivity contribution in [3.63, 3.8) is 0 Å². The normalized spacial score (nSPS) is 15.1. The second-order valence-electron chi connectivity index (χ2n) is 10.6. The first-order valence-corrected chi connectivity index (χ1v) is 14.2. The van der Waals surface area contributed by atoms with Crippen molar-refractivity contribution in [2.75, 3.05) is 38.2 Å². The van der Waals surface area contributed by atoms with Gasteiger partial charge in [0, 0.05) is 48.2 Å². The Balaban J connectivity index is 0.00000155. The highest BCUT2D eigenvalue weighted by molar-refractivity contribution is 6.29. The summed E-state index contributed by atoms with van der Waals surface area (Å²) in [6.45, 7) is 14.9. The number of hydrogen-bond acceptors (Lipinski definition) is 4. The van der Waals surface area contributed by atoms with Gasteiger partial charge in [0.25, 0.3) is 5.91 Å². The van der Waals surface area contributed by atoms with Crippen LogP contribution in [0.3, 0.4) is 0 Å². The van der Waals surface area contributed by atoms with Crippen molar-refractivity contribution in [3.05, 3.63) is 113 Å². The van der Waals surface area contributed by atoms with Gasteiger partial charge in [0.2, 0.25) is 0 Å². The number of aromatic hydroxyl groups is 1. The SMILES string of the molecule is C=C(Cl)C(C)C(C)(Cc1cc(F)c(C(=O)N2CCN(c3ccc(F)cc3)CC2)cc1O)c1ccc(OC)cc1.C=CC. The van der Waals surface area contributed by atoms with Crippen LogP contribution >= 0.6 is 11.6 Å². The zero-order chi connectivity index (χ0) is 31.0. The van der Waals surface area contributed by atoms with Crippen LogP contribution in [-0.4, -0.2) is 49.2 Å². The van der Waals surface area contributed by atoms with Crippen molar-refractivity contribution in [2.24, 2.45) is 5.92 Å². The van der Waals surface area contributed by atoms with Crippen LogP contribution in [-0.2, 0) is 11.8 Å². The van der Waals surface area contributed by atoms with Crippen molar-refractivity contribution < 1.29 is 23.4 Å². The van der Waals surface area contributed by atoms with Gasteiger partial charge in [-0.2, -0.15) is 0 Å². The highest BCUT2D eigenvalue weighted by Crippen LogP contribution is 2.42. The maximum Gasteiger partial charge on any atom is 0.257 e. The summed E-state index contributed by atoms with van der Waals surface area (Å²) in [6, 6.07) is 16.2. The maximum absolute atomic E-state index is 15.4. The molecule has 0 aliphatic carbocycles. The first-order chi connectivity index (χ1) is 19.9. The topological polar surface area (TPSA) is 53.0 Å². The van der Waals surface area contributed by atoms with Gasteiger partial charge >= 0.3 is 0 Å². The summed E-state index contributed by atoms with van der Waals surface area (Å²) < 4.78 is 33.9. The van der Waals surface area contributed by atoms with Crippen molar-refractivity contribution in [1.82, 2.24) is 4.90 Å². The average Bonchev–Trinajstić information content (AvgIpc) is 2.99. The third-order valence-electron chi connectivity index (χ3n) is 7.89.